The second-order valence-electron chi connectivity index (χ2n) is 6.35. The summed E-state index contributed by atoms with van der Waals surface area (Å²) in [6.45, 7) is 9.27. The van der Waals surface area contributed by atoms with Crippen molar-refractivity contribution in [2.24, 2.45) is 5.41 Å². The van der Waals surface area contributed by atoms with E-state index in [0.29, 0.717) is 12.0 Å². The normalized spacial score (nSPS) is 24.8. The zero-order valence-electron chi connectivity index (χ0n) is 13.3. The first kappa shape index (κ1) is 15.4. The quantitative estimate of drug-likeness (QED) is 0.756. The number of methoxy groups -OCH3 is 1. The van der Waals surface area contributed by atoms with Crippen LogP contribution in [0.15, 0.2) is 30.9 Å². The molecule has 0 amide bonds. The number of likely N-dealkylation sites (tertiary alicyclic amines) is 1. The van der Waals surface area contributed by atoms with Gasteiger partial charge in [0, 0.05) is 25.1 Å². The van der Waals surface area contributed by atoms with Gasteiger partial charge in [0.15, 0.2) is 11.5 Å². The van der Waals surface area contributed by atoms with Crippen molar-refractivity contribution in [3.8, 4) is 11.5 Å². The summed E-state index contributed by atoms with van der Waals surface area (Å²) in [4.78, 5) is 2.52. The van der Waals surface area contributed by atoms with Gasteiger partial charge >= 0.3 is 0 Å². The van der Waals surface area contributed by atoms with Crippen molar-refractivity contribution in [2.45, 2.75) is 19.4 Å². The van der Waals surface area contributed by atoms with Crippen LogP contribution in [0.1, 0.15) is 18.4 Å². The Balaban J connectivity index is 1.64. The van der Waals surface area contributed by atoms with Gasteiger partial charge in [0.1, 0.15) is 6.61 Å². The third-order valence-electron chi connectivity index (χ3n) is 4.69. The van der Waals surface area contributed by atoms with Crippen LogP contribution in [0, 0.1) is 5.41 Å². The van der Waals surface area contributed by atoms with Gasteiger partial charge in [0.25, 0.3) is 0 Å². The summed E-state index contributed by atoms with van der Waals surface area (Å²) in [5.41, 5.74) is 1.68. The van der Waals surface area contributed by atoms with E-state index < -0.39 is 0 Å². The maximum atomic E-state index is 5.61. The van der Waals surface area contributed by atoms with Crippen LogP contribution in [0.5, 0.6) is 11.5 Å². The third-order valence-corrected chi connectivity index (χ3v) is 4.69. The SMILES string of the molecule is C=CCOc1ccc(CN2CC[C@@]3(CCOC3)C2)cc1OC. The highest BCUT2D eigenvalue weighted by molar-refractivity contribution is 5.43. The molecule has 0 N–H and O–H groups in total. The molecule has 4 heteroatoms. The van der Waals surface area contributed by atoms with Gasteiger partial charge in [-0.25, -0.2) is 0 Å². The summed E-state index contributed by atoms with van der Waals surface area (Å²) in [6.07, 6.45) is 4.20. The van der Waals surface area contributed by atoms with Gasteiger partial charge < -0.3 is 14.2 Å². The van der Waals surface area contributed by atoms with Crippen LogP contribution in [0.2, 0.25) is 0 Å². The molecule has 4 nitrogen and oxygen atoms in total. The zero-order valence-corrected chi connectivity index (χ0v) is 13.3. The summed E-state index contributed by atoms with van der Waals surface area (Å²) in [5, 5.41) is 0. The molecule has 2 fully saturated rings. The predicted molar refractivity (Wildman–Crippen MR) is 86.4 cm³/mol. The minimum atomic E-state index is 0.414. The molecule has 1 aromatic carbocycles. The Hall–Kier alpha value is -1.52. The topological polar surface area (TPSA) is 30.9 Å². The standard InChI is InChI=1S/C18H25NO3/c1-3-9-22-16-5-4-15(11-17(16)20-2)12-19-8-6-18(13-19)7-10-21-14-18/h3-5,11H,1,6-10,12-14H2,2H3/t18-/m1/s1. The van der Waals surface area contributed by atoms with Gasteiger partial charge in [-0.05, 0) is 37.1 Å². The minimum Gasteiger partial charge on any atom is -0.493 e. The molecule has 120 valence electrons. The molecule has 2 heterocycles. The summed E-state index contributed by atoms with van der Waals surface area (Å²) >= 11 is 0. The van der Waals surface area contributed by atoms with Crippen molar-refractivity contribution in [2.75, 3.05) is 40.0 Å². The third kappa shape index (κ3) is 3.28. The molecule has 0 aliphatic carbocycles. The van der Waals surface area contributed by atoms with Gasteiger partial charge in [-0.15, -0.1) is 0 Å². The van der Waals surface area contributed by atoms with E-state index in [-0.39, 0.29) is 0 Å². The maximum Gasteiger partial charge on any atom is 0.161 e. The Bertz CT molecular complexity index is 523. The lowest BCUT2D eigenvalue weighted by molar-refractivity contribution is 0.151. The van der Waals surface area contributed by atoms with E-state index in [0.717, 1.165) is 44.3 Å². The summed E-state index contributed by atoms with van der Waals surface area (Å²) in [7, 11) is 1.68. The number of benzene rings is 1. The lowest BCUT2D eigenvalue weighted by Crippen LogP contribution is -2.27. The second kappa shape index (κ2) is 6.71. The average Bonchev–Trinajstić information content (AvgIpc) is 3.16. The number of ether oxygens (including phenoxy) is 3. The number of rotatable bonds is 6. The van der Waals surface area contributed by atoms with E-state index in [1.54, 1.807) is 13.2 Å². The van der Waals surface area contributed by atoms with E-state index >= 15 is 0 Å². The fourth-order valence-electron chi connectivity index (χ4n) is 3.47. The molecule has 0 bridgehead atoms. The van der Waals surface area contributed by atoms with E-state index in [9.17, 15) is 0 Å². The van der Waals surface area contributed by atoms with Crippen LogP contribution in [0.4, 0.5) is 0 Å². The van der Waals surface area contributed by atoms with E-state index in [1.807, 2.05) is 6.07 Å². The molecule has 0 radical (unpaired) electrons. The predicted octanol–water partition coefficient (Wildman–Crippen LogP) is 2.87. The smallest absolute Gasteiger partial charge is 0.161 e. The van der Waals surface area contributed by atoms with Crippen molar-refractivity contribution >= 4 is 0 Å². The van der Waals surface area contributed by atoms with Crippen LogP contribution >= 0.6 is 0 Å². The van der Waals surface area contributed by atoms with Crippen LogP contribution in [-0.4, -0.2) is 44.9 Å². The fraction of sp³-hybridized carbons (Fsp3) is 0.556. The lowest BCUT2D eigenvalue weighted by Gasteiger charge is -2.22. The highest BCUT2D eigenvalue weighted by atomic mass is 16.5. The van der Waals surface area contributed by atoms with Crippen molar-refractivity contribution in [3.05, 3.63) is 36.4 Å². The first-order chi connectivity index (χ1) is 10.7. The first-order valence-corrected chi connectivity index (χ1v) is 7.95. The van der Waals surface area contributed by atoms with Crippen LogP contribution < -0.4 is 9.47 Å². The number of hydrogen-bond donors (Lipinski definition) is 0. The summed E-state index contributed by atoms with van der Waals surface area (Å²) < 4.78 is 16.6. The average molecular weight is 303 g/mol. The van der Waals surface area contributed by atoms with Crippen LogP contribution in [0.3, 0.4) is 0 Å². The van der Waals surface area contributed by atoms with Gasteiger partial charge in [-0.3, -0.25) is 4.90 Å². The van der Waals surface area contributed by atoms with E-state index in [4.69, 9.17) is 14.2 Å². The molecule has 0 aromatic heterocycles. The molecule has 0 unspecified atom stereocenters. The molecule has 1 spiro atoms. The minimum absolute atomic E-state index is 0.414. The Kier molecular flexibility index (Phi) is 4.69. The first-order valence-electron chi connectivity index (χ1n) is 7.95. The molecule has 1 atom stereocenters. The van der Waals surface area contributed by atoms with E-state index in [1.165, 1.54) is 18.4 Å². The Morgan fingerprint density at radius 3 is 3.00 bits per heavy atom. The second-order valence-corrected chi connectivity index (χ2v) is 6.35. The molecular weight excluding hydrogens is 278 g/mol. The van der Waals surface area contributed by atoms with Crippen LogP contribution in [0.25, 0.3) is 0 Å². The van der Waals surface area contributed by atoms with Crippen molar-refractivity contribution in [1.29, 1.82) is 0 Å². The zero-order chi connectivity index (χ0) is 15.4. The van der Waals surface area contributed by atoms with Gasteiger partial charge in [-0.1, -0.05) is 18.7 Å². The monoisotopic (exact) mass is 303 g/mol. The molecule has 0 saturated carbocycles. The highest BCUT2D eigenvalue weighted by Crippen LogP contribution is 2.39. The Morgan fingerprint density at radius 1 is 1.36 bits per heavy atom. The van der Waals surface area contributed by atoms with Crippen molar-refractivity contribution < 1.29 is 14.2 Å². The van der Waals surface area contributed by atoms with Gasteiger partial charge in [-0.2, -0.15) is 0 Å². The molecular formula is C18H25NO3. The van der Waals surface area contributed by atoms with Gasteiger partial charge in [0.05, 0.1) is 13.7 Å². The van der Waals surface area contributed by atoms with E-state index in [2.05, 4.69) is 23.6 Å². The summed E-state index contributed by atoms with van der Waals surface area (Å²) in [5.74, 6) is 1.56. The van der Waals surface area contributed by atoms with Gasteiger partial charge in [0.2, 0.25) is 0 Å². The molecule has 2 saturated heterocycles. The molecule has 2 aliphatic rings. The molecule has 3 rings (SSSR count). The molecule has 22 heavy (non-hydrogen) atoms. The largest absolute Gasteiger partial charge is 0.493 e. The number of hydrogen-bond acceptors (Lipinski definition) is 4. The van der Waals surface area contributed by atoms with Crippen molar-refractivity contribution in [1.82, 2.24) is 4.90 Å². The molecule has 2 aliphatic heterocycles. The number of nitrogens with zero attached hydrogens (tertiary/aromatic N) is 1. The maximum absolute atomic E-state index is 5.61. The van der Waals surface area contributed by atoms with Crippen molar-refractivity contribution in [3.63, 3.8) is 0 Å². The summed E-state index contributed by atoms with van der Waals surface area (Å²) in [6, 6.07) is 6.19. The lowest BCUT2D eigenvalue weighted by atomic mass is 9.87. The highest BCUT2D eigenvalue weighted by Gasteiger charge is 2.40. The molecule has 1 aromatic rings. The fourth-order valence-corrected chi connectivity index (χ4v) is 3.47. The Labute approximate surface area is 132 Å². The Morgan fingerprint density at radius 2 is 2.27 bits per heavy atom. The van der Waals surface area contributed by atoms with Crippen LogP contribution in [-0.2, 0) is 11.3 Å².